The largest absolute Gasteiger partial charge is 0.504 e. The van der Waals surface area contributed by atoms with Gasteiger partial charge in [0.25, 0.3) is 5.91 Å². The molecule has 0 radical (unpaired) electrons. The first kappa shape index (κ1) is 17.9. The Morgan fingerprint density at radius 2 is 1.96 bits per heavy atom. The van der Waals surface area contributed by atoms with E-state index in [-0.39, 0.29) is 11.1 Å². The molecule has 0 aromatic heterocycles. The van der Waals surface area contributed by atoms with Crippen molar-refractivity contribution in [3.63, 3.8) is 0 Å². The van der Waals surface area contributed by atoms with Gasteiger partial charge in [-0.3, -0.25) is 9.59 Å². The molecule has 2 aromatic carbocycles. The van der Waals surface area contributed by atoms with Gasteiger partial charge < -0.3 is 15.3 Å². The van der Waals surface area contributed by atoms with Crippen LogP contribution >= 0.6 is 0 Å². The summed E-state index contributed by atoms with van der Waals surface area (Å²) in [5.74, 6) is -2.32. The van der Waals surface area contributed by atoms with Crippen LogP contribution in [0, 0.1) is 11.2 Å². The minimum absolute atomic E-state index is 0.0345. The maximum Gasteiger partial charge on any atom is 0.255 e. The summed E-state index contributed by atoms with van der Waals surface area (Å²) in [7, 11) is 0. The molecule has 0 aliphatic carbocycles. The van der Waals surface area contributed by atoms with Gasteiger partial charge in [0.15, 0.2) is 17.9 Å². The molecular weight excluding hydrogens is 335 g/mol. The molecule has 3 rings (SSSR count). The van der Waals surface area contributed by atoms with E-state index in [1.54, 1.807) is 12.1 Å². The predicted octanol–water partition coefficient (Wildman–Crippen LogP) is 3.83. The summed E-state index contributed by atoms with van der Waals surface area (Å²) in [5, 5.41) is 12.1. The Morgan fingerprint density at radius 3 is 2.54 bits per heavy atom. The molecule has 1 heterocycles. The number of hydrogen-bond donors (Lipinski definition) is 2. The molecule has 1 aliphatic rings. The molecule has 0 bridgehead atoms. The van der Waals surface area contributed by atoms with Crippen LogP contribution in [-0.2, 0) is 0 Å². The van der Waals surface area contributed by atoms with Crippen LogP contribution in [0.3, 0.4) is 0 Å². The fraction of sp³-hybridized carbons (Fsp3) is 0.300. The van der Waals surface area contributed by atoms with Crippen molar-refractivity contribution in [2.24, 2.45) is 5.41 Å². The molecule has 0 spiro atoms. The van der Waals surface area contributed by atoms with Crippen molar-refractivity contribution in [2.75, 3.05) is 23.3 Å². The van der Waals surface area contributed by atoms with Gasteiger partial charge in [0.2, 0.25) is 0 Å². The van der Waals surface area contributed by atoms with Gasteiger partial charge in [-0.05, 0) is 48.2 Å². The number of phenolic OH excluding ortho intramolecular Hbond substituents is 1. The first-order valence-corrected chi connectivity index (χ1v) is 8.43. The minimum Gasteiger partial charge on any atom is -0.504 e. The van der Waals surface area contributed by atoms with Gasteiger partial charge in [-0.1, -0.05) is 13.8 Å². The smallest absolute Gasteiger partial charge is 0.255 e. The number of nitrogens with one attached hydrogen (secondary N) is 1. The summed E-state index contributed by atoms with van der Waals surface area (Å²) in [5.41, 5.74) is 1.66. The lowest BCUT2D eigenvalue weighted by Crippen LogP contribution is -2.22. The zero-order chi connectivity index (χ0) is 18.9. The van der Waals surface area contributed by atoms with E-state index >= 15 is 0 Å². The van der Waals surface area contributed by atoms with E-state index in [0.717, 1.165) is 37.3 Å². The fourth-order valence-corrected chi connectivity index (χ4v) is 3.13. The number of carbonyl (C=O) groups is 2. The first-order chi connectivity index (χ1) is 12.3. The maximum atomic E-state index is 13.6. The quantitative estimate of drug-likeness (QED) is 0.817. The number of aldehydes is 1. The highest BCUT2D eigenvalue weighted by Gasteiger charge is 2.29. The molecule has 6 heteroatoms. The Morgan fingerprint density at radius 1 is 1.27 bits per heavy atom. The lowest BCUT2D eigenvalue weighted by molar-refractivity contribution is 0.102. The van der Waals surface area contributed by atoms with Crippen LogP contribution in [0.2, 0.25) is 0 Å². The minimum atomic E-state index is -1.01. The number of hydrogen-bond acceptors (Lipinski definition) is 4. The average Bonchev–Trinajstić information content (AvgIpc) is 2.97. The number of rotatable bonds is 4. The second kappa shape index (κ2) is 6.78. The van der Waals surface area contributed by atoms with Crippen LogP contribution in [0.1, 0.15) is 41.0 Å². The molecule has 1 saturated heterocycles. The Kier molecular flexibility index (Phi) is 4.68. The molecule has 1 aliphatic heterocycles. The van der Waals surface area contributed by atoms with Gasteiger partial charge >= 0.3 is 0 Å². The van der Waals surface area contributed by atoms with Crippen LogP contribution < -0.4 is 10.2 Å². The summed E-state index contributed by atoms with van der Waals surface area (Å²) < 4.78 is 13.6. The predicted molar refractivity (Wildman–Crippen MR) is 98.5 cm³/mol. The second-order valence-electron chi connectivity index (χ2n) is 7.35. The Balaban J connectivity index is 1.72. The molecule has 2 N–H and O–H groups in total. The molecule has 0 atom stereocenters. The second-order valence-corrected chi connectivity index (χ2v) is 7.35. The molecule has 26 heavy (non-hydrogen) atoms. The Hall–Kier alpha value is -2.89. The van der Waals surface area contributed by atoms with Crippen LogP contribution in [0.15, 0.2) is 36.4 Å². The van der Waals surface area contributed by atoms with E-state index in [2.05, 4.69) is 24.1 Å². The summed E-state index contributed by atoms with van der Waals surface area (Å²) in [6.45, 7) is 6.47. The molecular formula is C20H21FN2O3. The van der Waals surface area contributed by atoms with Gasteiger partial charge in [0.1, 0.15) is 0 Å². The van der Waals surface area contributed by atoms with Crippen LogP contribution in [0.5, 0.6) is 5.75 Å². The topological polar surface area (TPSA) is 69.6 Å². The average molecular weight is 356 g/mol. The van der Waals surface area contributed by atoms with Gasteiger partial charge in [-0.2, -0.15) is 0 Å². The summed E-state index contributed by atoms with van der Waals surface area (Å²) in [6.07, 6.45) is 1.44. The number of amides is 1. The third-order valence-electron chi connectivity index (χ3n) is 4.65. The summed E-state index contributed by atoms with van der Waals surface area (Å²) >= 11 is 0. The number of aromatic hydroxyl groups is 1. The maximum absolute atomic E-state index is 13.6. The molecule has 5 nitrogen and oxygen atoms in total. The fourth-order valence-electron chi connectivity index (χ4n) is 3.13. The third kappa shape index (κ3) is 3.69. The summed E-state index contributed by atoms with van der Waals surface area (Å²) in [6, 6.07) is 9.50. The van der Waals surface area contributed by atoms with E-state index in [1.807, 2.05) is 12.1 Å². The highest BCUT2D eigenvalue weighted by Crippen LogP contribution is 2.32. The molecule has 2 aromatic rings. The monoisotopic (exact) mass is 356 g/mol. The van der Waals surface area contributed by atoms with E-state index in [1.165, 1.54) is 0 Å². The number of anilines is 2. The summed E-state index contributed by atoms with van der Waals surface area (Å²) in [4.78, 5) is 25.4. The van der Waals surface area contributed by atoms with Gasteiger partial charge in [0.05, 0.1) is 5.56 Å². The Labute approximate surface area is 151 Å². The number of halogens is 1. The molecule has 1 fully saturated rings. The third-order valence-corrected chi connectivity index (χ3v) is 4.65. The number of benzene rings is 2. The molecule has 0 saturated carbocycles. The number of phenols is 1. The van der Waals surface area contributed by atoms with Crippen LogP contribution in [-0.4, -0.2) is 30.4 Å². The van der Waals surface area contributed by atoms with Crippen molar-refractivity contribution in [3.8, 4) is 5.75 Å². The van der Waals surface area contributed by atoms with Crippen molar-refractivity contribution in [1.29, 1.82) is 0 Å². The van der Waals surface area contributed by atoms with E-state index in [4.69, 9.17) is 0 Å². The highest BCUT2D eigenvalue weighted by atomic mass is 19.1. The van der Waals surface area contributed by atoms with Crippen LogP contribution in [0.4, 0.5) is 15.8 Å². The molecule has 0 unspecified atom stereocenters. The first-order valence-electron chi connectivity index (χ1n) is 8.43. The van der Waals surface area contributed by atoms with E-state index in [9.17, 15) is 19.1 Å². The van der Waals surface area contributed by atoms with Gasteiger partial charge in [0, 0.05) is 30.0 Å². The molecule has 136 valence electrons. The standard InChI is InChI=1S/C20H21FN2O3/c1-20(2)7-8-23(12-20)16-5-3-15(4-6-16)22-19(26)13-9-14(11-24)18(25)17(21)10-13/h3-6,9-11,25H,7-8,12H2,1-2H3,(H,22,26). The SMILES string of the molecule is CC1(C)CCN(c2ccc(NC(=O)c3cc(F)c(O)c(C=O)c3)cc2)C1. The van der Waals surface area contributed by atoms with E-state index in [0.29, 0.717) is 17.4 Å². The Bertz CT molecular complexity index is 847. The van der Waals surface area contributed by atoms with Crippen molar-refractivity contribution >= 4 is 23.6 Å². The van der Waals surface area contributed by atoms with Crippen molar-refractivity contribution in [3.05, 3.63) is 53.3 Å². The normalized spacial score (nSPS) is 15.7. The highest BCUT2D eigenvalue weighted by molar-refractivity contribution is 6.05. The zero-order valence-corrected chi connectivity index (χ0v) is 14.8. The van der Waals surface area contributed by atoms with Crippen molar-refractivity contribution in [2.45, 2.75) is 20.3 Å². The van der Waals surface area contributed by atoms with Crippen molar-refractivity contribution < 1.29 is 19.1 Å². The van der Waals surface area contributed by atoms with E-state index < -0.39 is 17.5 Å². The number of nitrogens with zero attached hydrogens (tertiary/aromatic N) is 1. The van der Waals surface area contributed by atoms with Gasteiger partial charge in [-0.15, -0.1) is 0 Å². The molecule has 1 amide bonds. The lowest BCUT2D eigenvalue weighted by atomic mass is 9.93. The van der Waals surface area contributed by atoms with Crippen molar-refractivity contribution in [1.82, 2.24) is 0 Å². The zero-order valence-electron chi connectivity index (χ0n) is 14.8. The number of carbonyl (C=O) groups excluding carboxylic acids is 2. The lowest BCUT2D eigenvalue weighted by Gasteiger charge is -2.21. The van der Waals surface area contributed by atoms with Crippen LogP contribution in [0.25, 0.3) is 0 Å². The van der Waals surface area contributed by atoms with Gasteiger partial charge in [-0.25, -0.2) is 4.39 Å².